The molecule has 0 aliphatic heterocycles. The summed E-state index contributed by atoms with van der Waals surface area (Å²) in [5.41, 5.74) is 0. The number of nitrogens with one attached hydrogen (secondary N) is 2. The lowest BCUT2D eigenvalue weighted by atomic mass is 10.2. The smallest absolute Gasteiger partial charge is 0.239 e. The molecule has 21 heavy (non-hydrogen) atoms. The molecule has 0 spiro atoms. The first-order chi connectivity index (χ1) is 10.2. The number of nitrogens with zero attached hydrogens (tertiary/aromatic N) is 4. The normalized spacial score (nSPS) is 15.1. The summed E-state index contributed by atoms with van der Waals surface area (Å²) in [6, 6.07) is 0.401. The highest BCUT2D eigenvalue weighted by molar-refractivity contribution is 7.99. The third kappa shape index (κ3) is 4.69. The van der Waals surface area contributed by atoms with Crippen molar-refractivity contribution in [1.82, 2.24) is 30.8 Å². The van der Waals surface area contributed by atoms with E-state index >= 15 is 0 Å². The first kappa shape index (κ1) is 15.7. The van der Waals surface area contributed by atoms with Gasteiger partial charge in [0, 0.05) is 7.05 Å². The lowest BCUT2D eigenvalue weighted by Gasteiger charge is -2.10. The van der Waals surface area contributed by atoms with Crippen LogP contribution in [0.4, 0.5) is 0 Å². The van der Waals surface area contributed by atoms with Gasteiger partial charge < -0.3 is 10.6 Å². The van der Waals surface area contributed by atoms with E-state index in [0.29, 0.717) is 11.8 Å². The second-order valence-electron chi connectivity index (χ2n) is 4.92. The third-order valence-corrected chi connectivity index (χ3v) is 4.35. The maximum atomic E-state index is 11.6. The van der Waals surface area contributed by atoms with E-state index in [2.05, 4.69) is 26.2 Å². The second-order valence-corrected chi connectivity index (χ2v) is 5.91. The highest BCUT2D eigenvalue weighted by Crippen LogP contribution is 2.29. The fraction of sp³-hybridized carbons (Fsp3) is 0.750. The molecule has 1 aromatic rings. The Balaban J connectivity index is 1.72. The number of likely N-dealkylation sites (N-methyl/N-ethyl adjacent to an activating group) is 1. The molecule has 1 aliphatic carbocycles. The van der Waals surface area contributed by atoms with Gasteiger partial charge in [-0.25, -0.2) is 4.68 Å². The van der Waals surface area contributed by atoms with Crippen LogP contribution >= 0.6 is 11.8 Å². The number of aromatic nitrogens is 4. The number of amides is 2. The minimum absolute atomic E-state index is 0.00963. The maximum absolute atomic E-state index is 11.6. The molecule has 8 nitrogen and oxygen atoms in total. The van der Waals surface area contributed by atoms with E-state index in [9.17, 15) is 9.59 Å². The number of hydrogen-bond acceptors (Lipinski definition) is 6. The molecule has 0 atom stereocenters. The average Bonchev–Trinajstić information content (AvgIpc) is 3.15. The summed E-state index contributed by atoms with van der Waals surface area (Å²) < 4.78 is 1.89. The van der Waals surface area contributed by atoms with Crippen molar-refractivity contribution in [2.45, 2.75) is 37.5 Å². The Bertz CT molecular complexity index is 486. The van der Waals surface area contributed by atoms with Gasteiger partial charge in [-0.1, -0.05) is 12.8 Å². The van der Waals surface area contributed by atoms with Crippen molar-refractivity contribution in [3.63, 3.8) is 0 Å². The van der Waals surface area contributed by atoms with E-state index in [1.54, 1.807) is 0 Å². The van der Waals surface area contributed by atoms with Crippen LogP contribution in [0, 0.1) is 0 Å². The molecule has 116 valence electrons. The standard InChI is InChI=1S/C12H20N6O2S/c1-13-11(19)6-14-12(20)8-21-7-10-15-16-17-18(10)9-4-2-3-5-9/h9H,2-8H2,1H3,(H,13,19)(H,14,20). The van der Waals surface area contributed by atoms with Gasteiger partial charge in [0.05, 0.1) is 24.1 Å². The molecule has 2 amide bonds. The van der Waals surface area contributed by atoms with E-state index in [4.69, 9.17) is 0 Å². The number of rotatable bonds is 7. The molecule has 0 aromatic carbocycles. The quantitative estimate of drug-likeness (QED) is 0.728. The SMILES string of the molecule is CNC(=O)CNC(=O)CSCc1nnnn1C1CCCC1. The van der Waals surface area contributed by atoms with E-state index in [1.165, 1.54) is 31.7 Å². The molecule has 0 bridgehead atoms. The number of carbonyl (C=O) groups excluding carboxylic acids is 2. The summed E-state index contributed by atoms with van der Waals surface area (Å²) in [6.07, 6.45) is 4.68. The van der Waals surface area contributed by atoms with E-state index in [-0.39, 0.29) is 24.1 Å². The molecule has 1 aliphatic rings. The molecular weight excluding hydrogens is 292 g/mol. The lowest BCUT2D eigenvalue weighted by molar-refractivity contribution is -0.124. The second kappa shape index (κ2) is 7.96. The Hall–Kier alpha value is -1.64. The fourth-order valence-electron chi connectivity index (χ4n) is 2.29. The first-order valence-corrected chi connectivity index (χ1v) is 8.18. The zero-order valence-electron chi connectivity index (χ0n) is 12.0. The van der Waals surface area contributed by atoms with Crippen molar-refractivity contribution >= 4 is 23.6 Å². The van der Waals surface area contributed by atoms with Gasteiger partial charge in [-0.3, -0.25) is 9.59 Å². The Morgan fingerprint density at radius 3 is 2.81 bits per heavy atom. The van der Waals surface area contributed by atoms with Crippen LogP contribution in [-0.2, 0) is 15.3 Å². The van der Waals surface area contributed by atoms with Gasteiger partial charge in [0.1, 0.15) is 0 Å². The summed E-state index contributed by atoms with van der Waals surface area (Å²) in [7, 11) is 1.53. The molecule has 1 saturated carbocycles. The zero-order valence-corrected chi connectivity index (χ0v) is 12.9. The zero-order chi connectivity index (χ0) is 15.1. The largest absolute Gasteiger partial charge is 0.358 e. The minimum Gasteiger partial charge on any atom is -0.358 e. The van der Waals surface area contributed by atoms with Gasteiger partial charge in [-0.2, -0.15) is 0 Å². The molecule has 2 N–H and O–H groups in total. The van der Waals surface area contributed by atoms with Gasteiger partial charge in [-0.05, 0) is 23.3 Å². The van der Waals surface area contributed by atoms with Crippen molar-refractivity contribution in [2.75, 3.05) is 19.3 Å². The summed E-state index contributed by atoms with van der Waals surface area (Å²) in [4.78, 5) is 22.6. The van der Waals surface area contributed by atoms with Crippen molar-refractivity contribution in [3.8, 4) is 0 Å². The molecule has 1 fully saturated rings. The predicted molar refractivity (Wildman–Crippen MR) is 78.6 cm³/mol. The van der Waals surface area contributed by atoms with E-state index < -0.39 is 0 Å². The van der Waals surface area contributed by atoms with Crippen LogP contribution in [0.2, 0.25) is 0 Å². The Labute approximate surface area is 127 Å². The Kier molecular flexibility index (Phi) is 5.97. The highest BCUT2D eigenvalue weighted by atomic mass is 32.2. The molecule has 0 unspecified atom stereocenters. The number of tetrazole rings is 1. The molecule has 1 aromatic heterocycles. The molecule has 9 heteroatoms. The van der Waals surface area contributed by atoms with Crippen molar-refractivity contribution in [1.29, 1.82) is 0 Å². The van der Waals surface area contributed by atoms with Crippen LogP contribution in [-0.4, -0.2) is 51.4 Å². The summed E-state index contributed by atoms with van der Waals surface area (Å²) in [6.45, 7) is 0.00963. The molecule has 0 radical (unpaired) electrons. The number of carbonyl (C=O) groups is 2. The van der Waals surface area contributed by atoms with Crippen LogP contribution in [0.15, 0.2) is 0 Å². The summed E-state index contributed by atoms with van der Waals surface area (Å²) in [5.74, 6) is 1.32. The minimum atomic E-state index is -0.210. The molecule has 2 rings (SSSR count). The third-order valence-electron chi connectivity index (χ3n) is 3.42. The van der Waals surface area contributed by atoms with Crippen LogP contribution < -0.4 is 10.6 Å². The summed E-state index contributed by atoms with van der Waals surface area (Å²) >= 11 is 1.44. The number of thioether (sulfide) groups is 1. The van der Waals surface area contributed by atoms with Crippen LogP contribution in [0.3, 0.4) is 0 Å². The van der Waals surface area contributed by atoms with Gasteiger partial charge in [0.2, 0.25) is 11.8 Å². The monoisotopic (exact) mass is 312 g/mol. The summed E-state index contributed by atoms with van der Waals surface area (Å²) in [5, 5.41) is 16.8. The average molecular weight is 312 g/mol. The molecule has 1 heterocycles. The van der Waals surface area contributed by atoms with Crippen LogP contribution in [0.5, 0.6) is 0 Å². The molecular formula is C12H20N6O2S. The van der Waals surface area contributed by atoms with Gasteiger partial charge in [0.25, 0.3) is 0 Å². The van der Waals surface area contributed by atoms with Gasteiger partial charge in [-0.15, -0.1) is 16.9 Å². The van der Waals surface area contributed by atoms with E-state index in [0.717, 1.165) is 18.7 Å². The van der Waals surface area contributed by atoms with E-state index in [1.807, 2.05) is 4.68 Å². The van der Waals surface area contributed by atoms with Crippen molar-refractivity contribution in [2.24, 2.45) is 0 Å². The topological polar surface area (TPSA) is 102 Å². The highest BCUT2D eigenvalue weighted by Gasteiger charge is 2.21. The van der Waals surface area contributed by atoms with Crippen molar-refractivity contribution < 1.29 is 9.59 Å². The van der Waals surface area contributed by atoms with Crippen molar-refractivity contribution in [3.05, 3.63) is 5.82 Å². The van der Waals surface area contributed by atoms with Crippen LogP contribution in [0.25, 0.3) is 0 Å². The lowest BCUT2D eigenvalue weighted by Crippen LogP contribution is -2.36. The first-order valence-electron chi connectivity index (χ1n) is 7.02. The van der Waals surface area contributed by atoms with Gasteiger partial charge in [0.15, 0.2) is 5.82 Å². The number of hydrogen-bond donors (Lipinski definition) is 2. The molecule has 0 saturated heterocycles. The predicted octanol–water partition coefficient (Wildman–Crippen LogP) is -0.116. The van der Waals surface area contributed by atoms with Crippen LogP contribution in [0.1, 0.15) is 37.5 Å². The Morgan fingerprint density at radius 2 is 2.10 bits per heavy atom. The van der Waals surface area contributed by atoms with Gasteiger partial charge >= 0.3 is 0 Å². The maximum Gasteiger partial charge on any atom is 0.239 e. The Morgan fingerprint density at radius 1 is 1.33 bits per heavy atom. The fourth-order valence-corrected chi connectivity index (χ4v) is 3.06.